The van der Waals surface area contributed by atoms with Crippen molar-refractivity contribution in [2.75, 3.05) is 4.90 Å². The summed E-state index contributed by atoms with van der Waals surface area (Å²) in [5, 5.41) is 11.3. The standard InChI is InChI=1S/C14H18N6O2/c15-12-17-13(16)19(14(18-12)8-4-1-5-9-14)10-6-2-3-7-11(10)20(21)22/h2-3,6-7H,1,4-5,8-9H2,(H4,15,16,17,18). The number of hydrogen-bond acceptors (Lipinski definition) is 7. The Morgan fingerprint density at radius 2 is 1.86 bits per heavy atom. The molecule has 1 aromatic carbocycles. The Balaban J connectivity index is 2.15. The van der Waals surface area contributed by atoms with Gasteiger partial charge in [0.2, 0.25) is 11.9 Å². The number of benzene rings is 1. The summed E-state index contributed by atoms with van der Waals surface area (Å²) >= 11 is 0. The molecule has 1 heterocycles. The van der Waals surface area contributed by atoms with Crippen LogP contribution in [0.2, 0.25) is 0 Å². The highest BCUT2D eigenvalue weighted by Gasteiger charge is 2.44. The van der Waals surface area contributed by atoms with Crippen molar-refractivity contribution in [3.63, 3.8) is 0 Å². The number of hydrogen-bond donors (Lipinski definition) is 2. The van der Waals surface area contributed by atoms with Crippen LogP contribution in [0.1, 0.15) is 32.1 Å². The van der Waals surface area contributed by atoms with E-state index in [0.29, 0.717) is 5.69 Å². The maximum Gasteiger partial charge on any atom is 0.293 e. The normalized spacial score (nSPS) is 20.5. The fourth-order valence-electron chi connectivity index (χ4n) is 3.28. The molecule has 1 fully saturated rings. The van der Waals surface area contributed by atoms with E-state index in [2.05, 4.69) is 9.98 Å². The van der Waals surface area contributed by atoms with E-state index in [0.717, 1.165) is 32.1 Å². The molecule has 0 atom stereocenters. The Labute approximate surface area is 127 Å². The highest BCUT2D eigenvalue weighted by Crippen LogP contribution is 2.42. The predicted octanol–water partition coefficient (Wildman–Crippen LogP) is 1.70. The van der Waals surface area contributed by atoms with Gasteiger partial charge in [-0.2, -0.15) is 4.99 Å². The quantitative estimate of drug-likeness (QED) is 0.635. The van der Waals surface area contributed by atoms with Crippen LogP contribution in [0.5, 0.6) is 0 Å². The lowest BCUT2D eigenvalue weighted by Crippen LogP contribution is -2.58. The maximum atomic E-state index is 11.3. The molecule has 8 nitrogen and oxygen atoms in total. The van der Waals surface area contributed by atoms with Gasteiger partial charge in [0.25, 0.3) is 5.69 Å². The minimum atomic E-state index is -0.666. The number of para-hydroxylation sites is 2. The molecule has 1 aromatic rings. The molecule has 8 heteroatoms. The largest absolute Gasteiger partial charge is 0.369 e. The Kier molecular flexibility index (Phi) is 3.44. The SMILES string of the molecule is NC1=NC2(CCCCC2)N(c2ccccc2[N+](=O)[O-])C(N)=N1. The third-order valence-electron chi connectivity index (χ3n) is 4.17. The first kappa shape index (κ1) is 14.3. The van der Waals surface area contributed by atoms with Crippen LogP contribution in [0.15, 0.2) is 34.3 Å². The molecule has 0 amide bonds. The summed E-state index contributed by atoms with van der Waals surface area (Å²) in [4.78, 5) is 21.1. The van der Waals surface area contributed by atoms with Crippen molar-refractivity contribution in [2.45, 2.75) is 37.8 Å². The Bertz CT molecular complexity index is 663. The van der Waals surface area contributed by atoms with Gasteiger partial charge in [0.05, 0.1) is 4.92 Å². The molecule has 0 saturated heterocycles. The van der Waals surface area contributed by atoms with Crippen LogP contribution < -0.4 is 16.4 Å². The molecule has 4 N–H and O–H groups in total. The number of nitrogens with two attached hydrogens (primary N) is 2. The van der Waals surface area contributed by atoms with Gasteiger partial charge in [0.15, 0.2) is 0 Å². The molecule has 1 aliphatic carbocycles. The van der Waals surface area contributed by atoms with Crippen molar-refractivity contribution in [1.29, 1.82) is 0 Å². The fourth-order valence-corrected chi connectivity index (χ4v) is 3.28. The van der Waals surface area contributed by atoms with Crippen LogP contribution >= 0.6 is 0 Å². The third kappa shape index (κ3) is 2.26. The Morgan fingerprint density at radius 3 is 2.55 bits per heavy atom. The zero-order valence-corrected chi connectivity index (χ0v) is 12.1. The lowest BCUT2D eigenvalue weighted by molar-refractivity contribution is -0.384. The number of nitro benzene ring substituents is 1. The van der Waals surface area contributed by atoms with E-state index in [-0.39, 0.29) is 17.6 Å². The maximum absolute atomic E-state index is 11.3. The van der Waals surface area contributed by atoms with Crippen LogP contribution in [0.4, 0.5) is 11.4 Å². The van der Waals surface area contributed by atoms with Gasteiger partial charge < -0.3 is 11.5 Å². The zero-order valence-electron chi connectivity index (χ0n) is 12.1. The average Bonchev–Trinajstić information content (AvgIpc) is 2.47. The number of aliphatic imine (C=N–C) groups is 2. The monoisotopic (exact) mass is 302 g/mol. The summed E-state index contributed by atoms with van der Waals surface area (Å²) in [6.07, 6.45) is 4.55. The van der Waals surface area contributed by atoms with Gasteiger partial charge in [-0.1, -0.05) is 18.6 Å². The zero-order chi connectivity index (χ0) is 15.7. The summed E-state index contributed by atoms with van der Waals surface area (Å²) in [5.74, 6) is 0.290. The topological polar surface area (TPSA) is 123 Å². The summed E-state index contributed by atoms with van der Waals surface area (Å²) in [5.41, 5.74) is 11.6. The first-order valence-corrected chi connectivity index (χ1v) is 7.27. The highest BCUT2D eigenvalue weighted by molar-refractivity contribution is 6.06. The molecule has 1 saturated carbocycles. The number of rotatable bonds is 2. The van der Waals surface area contributed by atoms with E-state index < -0.39 is 10.6 Å². The molecule has 3 rings (SSSR count). The summed E-state index contributed by atoms with van der Waals surface area (Å²) in [6.45, 7) is 0. The van der Waals surface area contributed by atoms with Crippen molar-refractivity contribution in [3.8, 4) is 0 Å². The smallest absolute Gasteiger partial charge is 0.293 e. The minimum absolute atomic E-state index is 0.0127. The van der Waals surface area contributed by atoms with Gasteiger partial charge in [-0.15, -0.1) is 0 Å². The van der Waals surface area contributed by atoms with Crippen molar-refractivity contribution in [2.24, 2.45) is 21.5 Å². The lowest BCUT2D eigenvalue weighted by atomic mass is 9.87. The van der Waals surface area contributed by atoms with Crippen LogP contribution in [0.3, 0.4) is 0 Å². The van der Waals surface area contributed by atoms with Gasteiger partial charge in [-0.25, -0.2) is 4.99 Å². The number of guanidine groups is 2. The average molecular weight is 302 g/mol. The van der Waals surface area contributed by atoms with Crippen LogP contribution in [-0.4, -0.2) is 22.5 Å². The molecule has 0 radical (unpaired) electrons. The van der Waals surface area contributed by atoms with Gasteiger partial charge in [0.1, 0.15) is 11.4 Å². The second kappa shape index (κ2) is 5.28. The number of nitrogens with zero attached hydrogens (tertiary/aromatic N) is 4. The van der Waals surface area contributed by atoms with Gasteiger partial charge in [-0.3, -0.25) is 15.0 Å². The minimum Gasteiger partial charge on any atom is -0.369 e. The molecule has 1 spiro atoms. The lowest BCUT2D eigenvalue weighted by Gasteiger charge is -2.45. The molecule has 0 aromatic heterocycles. The van der Waals surface area contributed by atoms with Crippen molar-refractivity contribution >= 4 is 23.3 Å². The molecule has 1 aliphatic heterocycles. The predicted molar refractivity (Wildman–Crippen MR) is 84.6 cm³/mol. The molecular weight excluding hydrogens is 284 g/mol. The van der Waals surface area contributed by atoms with E-state index in [1.54, 1.807) is 23.1 Å². The molecular formula is C14H18N6O2. The van der Waals surface area contributed by atoms with Gasteiger partial charge in [-0.05, 0) is 31.7 Å². The number of nitro groups is 1. The van der Waals surface area contributed by atoms with E-state index in [1.165, 1.54) is 6.07 Å². The highest BCUT2D eigenvalue weighted by atomic mass is 16.6. The second-order valence-corrected chi connectivity index (χ2v) is 5.56. The van der Waals surface area contributed by atoms with E-state index in [9.17, 15) is 10.1 Å². The second-order valence-electron chi connectivity index (χ2n) is 5.56. The molecule has 22 heavy (non-hydrogen) atoms. The molecule has 116 valence electrons. The third-order valence-corrected chi connectivity index (χ3v) is 4.17. The molecule has 0 unspecified atom stereocenters. The fraction of sp³-hybridized carbons (Fsp3) is 0.429. The van der Waals surface area contributed by atoms with Crippen molar-refractivity contribution in [3.05, 3.63) is 34.4 Å². The summed E-state index contributed by atoms with van der Waals surface area (Å²) < 4.78 is 0. The number of anilines is 1. The van der Waals surface area contributed by atoms with E-state index in [4.69, 9.17) is 11.5 Å². The van der Waals surface area contributed by atoms with Crippen molar-refractivity contribution in [1.82, 2.24) is 0 Å². The van der Waals surface area contributed by atoms with E-state index >= 15 is 0 Å². The van der Waals surface area contributed by atoms with Crippen molar-refractivity contribution < 1.29 is 4.92 Å². The Morgan fingerprint density at radius 1 is 1.18 bits per heavy atom. The first-order valence-electron chi connectivity index (χ1n) is 7.27. The van der Waals surface area contributed by atoms with Crippen LogP contribution in [-0.2, 0) is 0 Å². The summed E-state index contributed by atoms with van der Waals surface area (Å²) in [7, 11) is 0. The van der Waals surface area contributed by atoms with Gasteiger partial charge >= 0.3 is 0 Å². The Hall–Kier alpha value is -2.64. The van der Waals surface area contributed by atoms with Gasteiger partial charge in [0, 0.05) is 6.07 Å². The molecule has 2 aliphatic rings. The van der Waals surface area contributed by atoms with Crippen LogP contribution in [0.25, 0.3) is 0 Å². The van der Waals surface area contributed by atoms with Crippen LogP contribution in [0, 0.1) is 10.1 Å². The first-order chi connectivity index (χ1) is 10.5. The van der Waals surface area contributed by atoms with E-state index in [1.807, 2.05) is 0 Å². The summed E-state index contributed by atoms with van der Waals surface area (Å²) in [6, 6.07) is 6.51. The molecule has 0 bridgehead atoms.